The second-order valence-corrected chi connectivity index (χ2v) is 6.15. The average Bonchev–Trinajstić information content (AvgIpc) is 2.58. The molecule has 24 heavy (non-hydrogen) atoms. The molecule has 0 spiro atoms. The Morgan fingerprint density at radius 3 is 2.46 bits per heavy atom. The first-order chi connectivity index (χ1) is 11.5. The number of phenols is 2. The number of ether oxygens (including phenoxy) is 2. The van der Waals surface area contributed by atoms with Crippen LogP contribution in [-0.4, -0.2) is 42.9 Å². The summed E-state index contributed by atoms with van der Waals surface area (Å²) in [6, 6.07) is 9.29. The van der Waals surface area contributed by atoms with Crippen LogP contribution < -0.4 is 9.47 Å². The monoisotopic (exact) mass is 329 g/mol. The summed E-state index contributed by atoms with van der Waals surface area (Å²) in [7, 11) is 5.14. The van der Waals surface area contributed by atoms with Crippen molar-refractivity contribution in [3.05, 3.63) is 47.0 Å². The number of phenolic OH excluding ortho intramolecular Hbond substituents is 2. The number of methoxy groups -OCH3 is 2. The van der Waals surface area contributed by atoms with Gasteiger partial charge in [0.2, 0.25) is 0 Å². The second-order valence-electron chi connectivity index (χ2n) is 6.15. The summed E-state index contributed by atoms with van der Waals surface area (Å²) >= 11 is 0. The van der Waals surface area contributed by atoms with Crippen LogP contribution >= 0.6 is 0 Å². The van der Waals surface area contributed by atoms with Crippen LogP contribution in [0.15, 0.2) is 30.3 Å². The van der Waals surface area contributed by atoms with Gasteiger partial charge in [0, 0.05) is 18.2 Å². The molecule has 5 nitrogen and oxygen atoms in total. The van der Waals surface area contributed by atoms with Crippen LogP contribution in [0.2, 0.25) is 0 Å². The van der Waals surface area contributed by atoms with Gasteiger partial charge in [0.15, 0.2) is 23.0 Å². The standard InChI is InChI=1S/C19H23NO4/c1-20-9-8-13-5-7-17(24-3)19(22)18(13)14(20)10-12-4-6-16(23-2)15(21)11-12/h4-7,11,14,21-22H,8-10H2,1-3H3. The molecule has 2 aromatic carbocycles. The Labute approximate surface area is 142 Å². The average molecular weight is 329 g/mol. The minimum absolute atomic E-state index is 0.0247. The summed E-state index contributed by atoms with van der Waals surface area (Å²) in [6.07, 6.45) is 1.58. The maximum atomic E-state index is 10.6. The number of hydrogen-bond acceptors (Lipinski definition) is 5. The molecule has 0 amide bonds. The van der Waals surface area contributed by atoms with E-state index in [0.29, 0.717) is 17.9 Å². The van der Waals surface area contributed by atoms with Gasteiger partial charge in [-0.3, -0.25) is 4.90 Å². The molecule has 2 N–H and O–H groups in total. The summed E-state index contributed by atoms with van der Waals surface area (Å²) in [4.78, 5) is 2.22. The summed E-state index contributed by atoms with van der Waals surface area (Å²) in [5.41, 5.74) is 3.05. The molecule has 1 aliphatic rings. The van der Waals surface area contributed by atoms with E-state index in [1.165, 1.54) is 7.11 Å². The largest absolute Gasteiger partial charge is 0.504 e. The van der Waals surface area contributed by atoms with Crippen LogP contribution in [0.1, 0.15) is 22.7 Å². The molecular formula is C19H23NO4. The van der Waals surface area contributed by atoms with Crippen molar-refractivity contribution in [3.63, 3.8) is 0 Å². The van der Waals surface area contributed by atoms with Crippen molar-refractivity contribution >= 4 is 0 Å². The van der Waals surface area contributed by atoms with E-state index < -0.39 is 0 Å². The predicted molar refractivity (Wildman–Crippen MR) is 92.1 cm³/mol. The van der Waals surface area contributed by atoms with Crippen LogP contribution in [0.5, 0.6) is 23.0 Å². The number of aromatic hydroxyl groups is 2. The van der Waals surface area contributed by atoms with Gasteiger partial charge in [0.25, 0.3) is 0 Å². The van der Waals surface area contributed by atoms with E-state index in [0.717, 1.165) is 29.7 Å². The summed E-state index contributed by atoms with van der Waals surface area (Å²) < 4.78 is 10.4. The van der Waals surface area contributed by atoms with Gasteiger partial charge >= 0.3 is 0 Å². The first-order valence-electron chi connectivity index (χ1n) is 8.00. The smallest absolute Gasteiger partial charge is 0.162 e. The zero-order chi connectivity index (χ0) is 17.3. The lowest BCUT2D eigenvalue weighted by Crippen LogP contribution is -2.33. The van der Waals surface area contributed by atoms with Gasteiger partial charge in [-0.05, 0) is 49.2 Å². The van der Waals surface area contributed by atoms with E-state index >= 15 is 0 Å². The number of hydrogen-bond donors (Lipinski definition) is 2. The fourth-order valence-electron chi connectivity index (χ4n) is 3.40. The molecule has 128 valence electrons. The van der Waals surface area contributed by atoms with Crippen LogP contribution in [-0.2, 0) is 12.8 Å². The SMILES string of the molecule is COc1ccc(CC2c3c(ccc(OC)c3O)CCN2C)cc1O. The molecule has 0 bridgehead atoms. The fraction of sp³-hybridized carbons (Fsp3) is 0.368. The molecule has 0 fully saturated rings. The molecule has 1 unspecified atom stereocenters. The van der Waals surface area contributed by atoms with Crippen LogP contribution in [0.4, 0.5) is 0 Å². The first kappa shape index (κ1) is 16.5. The van der Waals surface area contributed by atoms with E-state index in [1.54, 1.807) is 19.2 Å². The van der Waals surface area contributed by atoms with Gasteiger partial charge in [-0.2, -0.15) is 0 Å². The summed E-state index contributed by atoms with van der Waals surface area (Å²) in [5.74, 6) is 1.29. The van der Waals surface area contributed by atoms with Crippen molar-refractivity contribution < 1.29 is 19.7 Å². The maximum Gasteiger partial charge on any atom is 0.162 e. The molecular weight excluding hydrogens is 306 g/mol. The van der Waals surface area contributed by atoms with E-state index in [1.807, 2.05) is 18.2 Å². The molecule has 0 aliphatic carbocycles. The highest BCUT2D eigenvalue weighted by molar-refractivity contribution is 5.53. The van der Waals surface area contributed by atoms with Gasteiger partial charge < -0.3 is 19.7 Å². The molecule has 1 atom stereocenters. The van der Waals surface area contributed by atoms with E-state index in [-0.39, 0.29) is 17.5 Å². The van der Waals surface area contributed by atoms with Gasteiger partial charge in [-0.15, -0.1) is 0 Å². The third-order valence-electron chi connectivity index (χ3n) is 4.76. The number of likely N-dealkylation sites (N-methyl/N-ethyl adjacent to an activating group) is 1. The highest BCUT2D eigenvalue weighted by Crippen LogP contribution is 2.42. The Kier molecular flexibility index (Phi) is 4.53. The lowest BCUT2D eigenvalue weighted by molar-refractivity contribution is 0.222. The molecule has 5 heteroatoms. The van der Waals surface area contributed by atoms with Crippen LogP contribution in [0.3, 0.4) is 0 Å². The zero-order valence-electron chi connectivity index (χ0n) is 14.2. The van der Waals surface area contributed by atoms with Crippen molar-refractivity contribution in [2.75, 3.05) is 27.8 Å². The molecule has 0 saturated heterocycles. The van der Waals surface area contributed by atoms with Crippen molar-refractivity contribution in [2.24, 2.45) is 0 Å². The molecule has 0 radical (unpaired) electrons. The van der Waals surface area contributed by atoms with Crippen molar-refractivity contribution in [2.45, 2.75) is 18.9 Å². The molecule has 0 aromatic heterocycles. The summed E-state index contributed by atoms with van der Waals surface area (Å²) in [6.45, 7) is 0.922. The van der Waals surface area contributed by atoms with Crippen LogP contribution in [0.25, 0.3) is 0 Å². The number of nitrogens with zero attached hydrogens (tertiary/aromatic N) is 1. The first-order valence-corrected chi connectivity index (χ1v) is 8.00. The van der Waals surface area contributed by atoms with Gasteiger partial charge in [-0.1, -0.05) is 12.1 Å². The zero-order valence-corrected chi connectivity index (χ0v) is 14.2. The Morgan fingerprint density at radius 2 is 1.79 bits per heavy atom. The number of fused-ring (bicyclic) bond motifs is 1. The summed E-state index contributed by atoms with van der Waals surface area (Å²) in [5, 5.41) is 20.6. The third-order valence-corrected chi connectivity index (χ3v) is 4.76. The lowest BCUT2D eigenvalue weighted by Gasteiger charge is -2.35. The molecule has 1 heterocycles. The fourth-order valence-corrected chi connectivity index (χ4v) is 3.40. The predicted octanol–water partition coefficient (Wildman–Crippen LogP) is 2.89. The third kappa shape index (κ3) is 2.87. The van der Waals surface area contributed by atoms with E-state index in [9.17, 15) is 10.2 Å². The highest BCUT2D eigenvalue weighted by Gasteiger charge is 2.29. The van der Waals surface area contributed by atoms with E-state index in [2.05, 4.69) is 11.9 Å². The van der Waals surface area contributed by atoms with Gasteiger partial charge in [0.1, 0.15) is 0 Å². The molecule has 2 aromatic rings. The topological polar surface area (TPSA) is 62.2 Å². The van der Waals surface area contributed by atoms with Gasteiger partial charge in [-0.25, -0.2) is 0 Å². The minimum atomic E-state index is 0.0247. The Balaban J connectivity index is 1.98. The van der Waals surface area contributed by atoms with Gasteiger partial charge in [0.05, 0.1) is 14.2 Å². The maximum absolute atomic E-state index is 10.6. The Bertz CT molecular complexity index is 744. The number of rotatable bonds is 4. The minimum Gasteiger partial charge on any atom is -0.504 e. The molecule has 0 saturated carbocycles. The van der Waals surface area contributed by atoms with Crippen molar-refractivity contribution in [1.82, 2.24) is 4.90 Å². The van der Waals surface area contributed by atoms with E-state index in [4.69, 9.17) is 9.47 Å². The molecule has 1 aliphatic heterocycles. The van der Waals surface area contributed by atoms with Crippen molar-refractivity contribution in [3.8, 4) is 23.0 Å². The van der Waals surface area contributed by atoms with Crippen LogP contribution in [0, 0.1) is 0 Å². The van der Waals surface area contributed by atoms with Crippen molar-refractivity contribution in [1.29, 1.82) is 0 Å². The Morgan fingerprint density at radius 1 is 1.08 bits per heavy atom. The highest BCUT2D eigenvalue weighted by atomic mass is 16.5. The normalized spacial score (nSPS) is 17.4. The lowest BCUT2D eigenvalue weighted by atomic mass is 9.88. The second kappa shape index (κ2) is 6.61. The number of benzene rings is 2. The quantitative estimate of drug-likeness (QED) is 0.903. The Hall–Kier alpha value is -2.40. The molecule has 3 rings (SSSR count).